The Balaban J connectivity index is 2.33. The van der Waals surface area contributed by atoms with Crippen molar-refractivity contribution in [3.63, 3.8) is 0 Å². The van der Waals surface area contributed by atoms with E-state index in [4.69, 9.17) is 0 Å². The van der Waals surface area contributed by atoms with E-state index in [2.05, 4.69) is 4.98 Å². The van der Waals surface area contributed by atoms with Gasteiger partial charge < -0.3 is 10.2 Å². The summed E-state index contributed by atoms with van der Waals surface area (Å²) in [5, 5.41) is 19.4. The van der Waals surface area contributed by atoms with Crippen LogP contribution >= 0.6 is 11.3 Å². The molecule has 0 atom stereocenters. The van der Waals surface area contributed by atoms with Gasteiger partial charge >= 0.3 is 0 Å². The van der Waals surface area contributed by atoms with Crippen LogP contribution < -0.4 is 0 Å². The highest BCUT2D eigenvalue weighted by molar-refractivity contribution is 7.09. The van der Waals surface area contributed by atoms with Crippen LogP contribution in [0.1, 0.15) is 16.0 Å². The Morgan fingerprint density at radius 1 is 1.17 bits per heavy atom. The third kappa shape index (κ3) is 2.61. The van der Waals surface area contributed by atoms with Crippen LogP contribution in [0.3, 0.4) is 0 Å². The Bertz CT molecular complexity index is 475. The first-order valence-corrected chi connectivity index (χ1v) is 6.74. The molecule has 0 amide bonds. The molecule has 0 fully saturated rings. The number of aromatic nitrogens is 1. The molecule has 0 bridgehead atoms. The van der Waals surface area contributed by atoms with Crippen molar-refractivity contribution in [3.05, 3.63) is 52.0 Å². The van der Waals surface area contributed by atoms with Gasteiger partial charge in [0.2, 0.25) is 0 Å². The van der Waals surface area contributed by atoms with Gasteiger partial charge in [0.05, 0.1) is 18.7 Å². The van der Waals surface area contributed by atoms with Crippen molar-refractivity contribution < 1.29 is 10.2 Å². The molecule has 4 heteroatoms. The molecule has 2 aromatic rings. The number of thiazole rings is 1. The van der Waals surface area contributed by atoms with E-state index in [1.807, 2.05) is 31.2 Å². The van der Waals surface area contributed by atoms with E-state index < -0.39 is 5.41 Å². The van der Waals surface area contributed by atoms with Crippen molar-refractivity contribution in [2.24, 2.45) is 0 Å². The third-order valence-electron chi connectivity index (χ3n) is 3.27. The van der Waals surface area contributed by atoms with E-state index in [-0.39, 0.29) is 13.2 Å². The topological polar surface area (TPSA) is 53.4 Å². The summed E-state index contributed by atoms with van der Waals surface area (Å²) in [5.41, 5.74) is 3.28. The van der Waals surface area contributed by atoms with Crippen molar-refractivity contribution in [3.8, 4) is 0 Å². The molecule has 1 aromatic heterocycles. The Morgan fingerprint density at radius 3 is 2.33 bits per heavy atom. The lowest BCUT2D eigenvalue weighted by atomic mass is 9.78. The zero-order valence-electron chi connectivity index (χ0n) is 10.3. The molecule has 3 nitrogen and oxygen atoms in total. The van der Waals surface area contributed by atoms with Crippen LogP contribution in [-0.2, 0) is 11.8 Å². The molecule has 0 radical (unpaired) electrons. The molecular formula is C14H17NO2S. The van der Waals surface area contributed by atoms with Gasteiger partial charge in [-0.1, -0.05) is 29.8 Å². The predicted molar refractivity (Wildman–Crippen MR) is 72.8 cm³/mol. The van der Waals surface area contributed by atoms with Crippen LogP contribution in [0.4, 0.5) is 0 Å². The molecule has 2 rings (SSSR count). The molecule has 0 aliphatic rings. The van der Waals surface area contributed by atoms with Gasteiger partial charge in [-0.3, -0.25) is 4.98 Å². The van der Waals surface area contributed by atoms with E-state index in [0.717, 1.165) is 10.4 Å². The molecule has 1 heterocycles. The van der Waals surface area contributed by atoms with E-state index in [0.29, 0.717) is 6.42 Å². The second-order valence-electron chi connectivity index (χ2n) is 4.61. The Kier molecular flexibility index (Phi) is 4.11. The minimum Gasteiger partial charge on any atom is -0.395 e. The molecular weight excluding hydrogens is 246 g/mol. The number of hydrogen-bond donors (Lipinski definition) is 2. The first kappa shape index (κ1) is 13.2. The van der Waals surface area contributed by atoms with Crippen molar-refractivity contribution in [2.75, 3.05) is 13.2 Å². The zero-order chi connectivity index (χ0) is 13.0. The van der Waals surface area contributed by atoms with Crippen molar-refractivity contribution in [1.82, 2.24) is 4.98 Å². The fourth-order valence-corrected chi connectivity index (χ4v) is 2.75. The van der Waals surface area contributed by atoms with Crippen LogP contribution in [0.15, 0.2) is 36.0 Å². The largest absolute Gasteiger partial charge is 0.395 e. The van der Waals surface area contributed by atoms with Gasteiger partial charge in [-0.05, 0) is 18.9 Å². The van der Waals surface area contributed by atoms with E-state index in [9.17, 15) is 10.2 Å². The first-order valence-electron chi connectivity index (χ1n) is 5.86. The molecule has 0 aliphatic heterocycles. The maximum absolute atomic E-state index is 9.72. The summed E-state index contributed by atoms with van der Waals surface area (Å²) >= 11 is 1.55. The number of aliphatic hydroxyl groups is 2. The molecule has 0 spiro atoms. The molecule has 96 valence electrons. The third-order valence-corrected chi connectivity index (χ3v) is 4.04. The minimum atomic E-state index is -0.625. The standard InChI is InChI=1S/C14H17NO2S/c1-11-2-4-12(5-3-11)14(8-16,9-17)6-13-7-15-10-18-13/h2-5,7,10,16-17H,6,8-9H2,1H3. The molecule has 0 aliphatic carbocycles. The summed E-state index contributed by atoms with van der Waals surface area (Å²) in [7, 11) is 0. The fraction of sp³-hybridized carbons (Fsp3) is 0.357. The smallest absolute Gasteiger partial charge is 0.0794 e. The van der Waals surface area contributed by atoms with Gasteiger partial charge in [-0.25, -0.2) is 0 Å². The van der Waals surface area contributed by atoms with Crippen LogP contribution in [0.5, 0.6) is 0 Å². The monoisotopic (exact) mass is 263 g/mol. The highest BCUT2D eigenvalue weighted by Gasteiger charge is 2.31. The first-order chi connectivity index (χ1) is 8.70. The van der Waals surface area contributed by atoms with Gasteiger partial charge in [-0.15, -0.1) is 11.3 Å². The van der Waals surface area contributed by atoms with Gasteiger partial charge in [0.25, 0.3) is 0 Å². The maximum Gasteiger partial charge on any atom is 0.0794 e. The summed E-state index contributed by atoms with van der Waals surface area (Å²) in [6.07, 6.45) is 2.40. The number of rotatable bonds is 5. The van der Waals surface area contributed by atoms with Crippen LogP contribution in [0.2, 0.25) is 0 Å². The number of aryl methyl sites for hydroxylation is 1. The van der Waals surface area contributed by atoms with Crippen molar-refractivity contribution in [1.29, 1.82) is 0 Å². The lowest BCUT2D eigenvalue weighted by Crippen LogP contribution is -2.37. The van der Waals surface area contributed by atoms with Crippen LogP contribution in [-0.4, -0.2) is 28.4 Å². The lowest BCUT2D eigenvalue weighted by molar-refractivity contribution is 0.117. The minimum absolute atomic E-state index is 0.0789. The fourth-order valence-electron chi connectivity index (χ4n) is 2.02. The number of hydrogen-bond acceptors (Lipinski definition) is 4. The normalized spacial score (nSPS) is 11.7. The predicted octanol–water partition coefficient (Wildman–Crippen LogP) is 1.92. The molecule has 1 aromatic carbocycles. The average Bonchev–Trinajstić information content (AvgIpc) is 2.90. The zero-order valence-corrected chi connectivity index (χ0v) is 11.2. The van der Waals surface area contributed by atoms with E-state index in [1.54, 1.807) is 23.0 Å². The Labute approximate surface area is 111 Å². The maximum atomic E-state index is 9.72. The van der Waals surface area contributed by atoms with Gasteiger partial charge in [0.15, 0.2) is 0 Å². The molecule has 0 saturated carbocycles. The number of benzene rings is 1. The lowest BCUT2D eigenvalue weighted by Gasteiger charge is -2.30. The van der Waals surface area contributed by atoms with E-state index in [1.165, 1.54) is 5.56 Å². The summed E-state index contributed by atoms with van der Waals surface area (Å²) in [5.74, 6) is 0. The Hall–Kier alpha value is -1.23. The SMILES string of the molecule is Cc1ccc(C(CO)(CO)Cc2cncs2)cc1. The van der Waals surface area contributed by atoms with Crippen molar-refractivity contribution in [2.45, 2.75) is 18.8 Å². The van der Waals surface area contributed by atoms with Crippen LogP contribution in [0, 0.1) is 6.92 Å². The molecule has 2 N–H and O–H groups in total. The number of nitrogens with zero attached hydrogens (tertiary/aromatic N) is 1. The summed E-state index contributed by atoms with van der Waals surface area (Å²) in [4.78, 5) is 5.11. The van der Waals surface area contributed by atoms with Crippen LogP contribution in [0.25, 0.3) is 0 Å². The Morgan fingerprint density at radius 2 is 1.83 bits per heavy atom. The van der Waals surface area contributed by atoms with E-state index >= 15 is 0 Å². The van der Waals surface area contributed by atoms with Gasteiger partial charge in [0.1, 0.15) is 0 Å². The highest BCUT2D eigenvalue weighted by Crippen LogP contribution is 2.29. The quantitative estimate of drug-likeness (QED) is 0.866. The molecule has 18 heavy (non-hydrogen) atoms. The second kappa shape index (κ2) is 5.61. The van der Waals surface area contributed by atoms with Gasteiger partial charge in [-0.2, -0.15) is 0 Å². The summed E-state index contributed by atoms with van der Waals surface area (Å²) in [6.45, 7) is 1.86. The highest BCUT2D eigenvalue weighted by atomic mass is 32.1. The summed E-state index contributed by atoms with van der Waals surface area (Å²) < 4.78 is 0. The van der Waals surface area contributed by atoms with Crippen molar-refractivity contribution >= 4 is 11.3 Å². The molecule has 0 saturated heterocycles. The number of aliphatic hydroxyl groups excluding tert-OH is 2. The molecule has 0 unspecified atom stereocenters. The van der Waals surface area contributed by atoms with Gasteiger partial charge in [0, 0.05) is 16.5 Å². The summed E-state index contributed by atoms with van der Waals surface area (Å²) in [6, 6.07) is 7.95. The average molecular weight is 263 g/mol. The second-order valence-corrected chi connectivity index (χ2v) is 5.58.